The third kappa shape index (κ3) is 3.03. The number of hydrogen-bond acceptors (Lipinski definition) is 3. The fraction of sp³-hybridized carbons (Fsp3) is 0.600. The van der Waals surface area contributed by atoms with E-state index < -0.39 is 0 Å². The summed E-state index contributed by atoms with van der Waals surface area (Å²) in [5.74, 6) is 1.03. The Balaban J connectivity index is 2.12. The van der Waals surface area contributed by atoms with E-state index in [2.05, 4.69) is 42.3 Å². The Kier molecular flexibility index (Phi) is 4.61. The van der Waals surface area contributed by atoms with Crippen molar-refractivity contribution in [2.24, 2.45) is 0 Å². The minimum Gasteiger partial charge on any atom is -0.494 e. The first kappa shape index (κ1) is 13.4. The molecule has 1 aromatic carbocycles. The molecule has 0 radical (unpaired) electrons. The maximum atomic E-state index is 5.71. The summed E-state index contributed by atoms with van der Waals surface area (Å²) >= 11 is 0. The van der Waals surface area contributed by atoms with Crippen LogP contribution in [0, 0.1) is 0 Å². The Morgan fingerprint density at radius 3 is 2.56 bits per heavy atom. The molecule has 1 aliphatic heterocycles. The van der Waals surface area contributed by atoms with Crippen molar-refractivity contribution in [2.45, 2.75) is 39.4 Å². The van der Waals surface area contributed by atoms with E-state index in [0.717, 1.165) is 32.0 Å². The number of benzene rings is 1. The average molecular weight is 248 g/mol. The van der Waals surface area contributed by atoms with E-state index in [-0.39, 0.29) is 0 Å². The highest BCUT2D eigenvalue weighted by molar-refractivity contribution is 5.33. The zero-order valence-corrected chi connectivity index (χ0v) is 11.6. The van der Waals surface area contributed by atoms with Crippen LogP contribution in [0.4, 0.5) is 0 Å². The first-order valence-electron chi connectivity index (χ1n) is 6.89. The van der Waals surface area contributed by atoms with Crippen LogP contribution < -0.4 is 10.1 Å². The van der Waals surface area contributed by atoms with Crippen LogP contribution in [0.15, 0.2) is 24.3 Å². The molecule has 0 aliphatic carbocycles. The Morgan fingerprint density at radius 2 is 1.89 bits per heavy atom. The molecule has 0 bridgehead atoms. The summed E-state index contributed by atoms with van der Waals surface area (Å²) in [6.45, 7) is 10.4. The Hall–Kier alpha value is -1.06. The zero-order chi connectivity index (χ0) is 13.0. The highest BCUT2D eigenvalue weighted by Crippen LogP contribution is 2.22. The number of rotatable bonds is 4. The lowest BCUT2D eigenvalue weighted by atomic mass is 10.1. The zero-order valence-electron chi connectivity index (χ0n) is 11.6. The maximum Gasteiger partial charge on any atom is 0.123 e. The molecule has 1 N–H and O–H groups in total. The molecule has 3 nitrogen and oxygen atoms in total. The van der Waals surface area contributed by atoms with Crippen LogP contribution in [0.2, 0.25) is 0 Å². The summed E-state index contributed by atoms with van der Waals surface area (Å²) in [6.07, 6.45) is 0. The molecule has 1 aromatic rings. The number of ether oxygens (including phenoxy) is 1. The predicted molar refractivity (Wildman–Crippen MR) is 74.9 cm³/mol. The van der Waals surface area contributed by atoms with Crippen molar-refractivity contribution in [1.29, 1.82) is 0 Å². The van der Waals surface area contributed by atoms with Crippen molar-refractivity contribution in [2.75, 3.05) is 19.7 Å². The van der Waals surface area contributed by atoms with E-state index >= 15 is 0 Å². The standard InChI is InChI=1S/C15H24N2O/c1-4-18-15-8-6-5-7-14(15)11-17-12(2)9-16-10-13(17)3/h5-8,12-13,16H,4,9-11H2,1-3H3. The van der Waals surface area contributed by atoms with Crippen LogP contribution in [0.3, 0.4) is 0 Å². The molecule has 1 heterocycles. The quantitative estimate of drug-likeness (QED) is 0.884. The molecule has 1 aliphatic rings. The summed E-state index contributed by atoms with van der Waals surface area (Å²) in [4.78, 5) is 2.55. The Labute approximate surface area is 110 Å². The second-order valence-electron chi connectivity index (χ2n) is 5.07. The summed E-state index contributed by atoms with van der Waals surface area (Å²) in [6, 6.07) is 9.52. The topological polar surface area (TPSA) is 24.5 Å². The van der Waals surface area contributed by atoms with Gasteiger partial charge in [-0.1, -0.05) is 18.2 Å². The fourth-order valence-corrected chi connectivity index (χ4v) is 2.61. The third-order valence-corrected chi connectivity index (χ3v) is 3.64. The van der Waals surface area contributed by atoms with Crippen molar-refractivity contribution in [3.8, 4) is 5.75 Å². The van der Waals surface area contributed by atoms with Crippen molar-refractivity contribution in [3.63, 3.8) is 0 Å². The highest BCUT2D eigenvalue weighted by atomic mass is 16.5. The molecule has 2 rings (SSSR count). The average Bonchev–Trinajstić information content (AvgIpc) is 2.36. The van der Waals surface area contributed by atoms with Crippen LogP contribution in [0.5, 0.6) is 5.75 Å². The van der Waals surface area contributed by atoms with Gasteiger partial charge >= 0.3 is 0 Å². The lowest BCUT2D eigenvalue weighted by Crippen LogP contribution is -2.54. The van der Waals surface area contributed by atoms with Gasteiger partial charge in [0.25, 0.3) is 0 Å². The van der Waals surface area contributed by atoms with Gasteiger partial charge in [0.05, 0.1) is 6.61 Å². The molecular formula is C15H24N2O. The fourth-order valence-electron chi connectivity index (χ4n) is 2.61. The van der Waals surface area contributed by atoms with Crippen LogP contribution in [0.25, 0.3) is 0 Å². The van der Waals surface area contributed by atoms with Gasteiger partial charge in [-0.3, -0.25) is 4.90 Å². The van der Waals surface area contributed by atoms with Gasteiger partial charge in [-0.25, -0.2) is 0 Å². The lowest BCUT2D eigenvalue weighted by Gasteiger charge is -2.39. The molecule has 18 heavy (non-hydrogen) atoms. The molecule has 100 valence electrons. The monoisotopic (exact) mass is 248 g/mol. The van der Waals surface area contributed by atoms with Gasteiger partial charge in [0.1, 0.15) is 5.75 Å². The molecule has 0 spiro atoms. The highest BCUT2D eigenvalue weighted by Gasteiger charge is 2.24. The minimum atomic E-state index is 0.573. The van der Waals surface area contributed by atoms with E-state index in [1.54, 1.807) is 0 Å². The molecule has 2 unspecified atom stereocenters. The van der Waals surface area contributed by atoms with Gasteiger partial charge in [-0.2, -0.15) is 0 Å². The molecule has 1 fully saturated rings. The molecular weight excluding hydrogens is 224 g/mol. The summed E-state index contributed by atoms with van der Waals surface area (Å²) < 4.78 is 5.71. The van der Waals surface area contributed by atoms with Crippen molar-refractivity contribution in [1.82, 2.24) is 10.2 Å². The molecule has 3 heteroatoms. The number of para-hydroxylation sites is 1. The van der Waals surface area contributed by atoms with Gasteiger partial charge in [-0.05, 0) is 26.8 Å². The maximum absolute atomic E-state index is 5.71. The minimum absolute atomic E-state index is 0.573. The second kappa shape index (κ2) is 6.21. The predicted octanol–water partition coefficient (Wildman–Crippen LogP) is 2.27. The van der Waals surface area contributed by atoms with E-state index in [0.29, 0.717) is 12.1 Å². The molecule has 0 aromatic heterocycles. The largest absolute Gasteiger partial charge is 0.494 e. The normalized spacial score (nSPS) is 25.1. The van der Waals surface area contributed by atoms with Gasteiger partial charge in [-0.15, -0.1) is 0 Å². The molecule has 0 saturated carbocycles. The van der Waals surface area contributed by atoms with Gasteiger partial charge < -0.3 is 10.1 Å². The Bertz CT molecular complexity index is 371. The van der Waals surface area contributed by atoms with Crippen LogP contribution in [0.1, 0.15) is 26.3 Å². The summed E-state index contributed by atoms with van der Waals surface area (Å²) in [5, 5.41) is 3.47. The third-order valence-electron chi connectivity index (χ3n) is 3.64. The first-order valence-corrected chi connectivity index (χ1v) is 6.89. The summed E-state index contributed by atoms with van der Waals surface area (Å²) in [7, 11) is 0. The van der Waals surface area contributed by atoms with E-state index in [9.17, 15) is 0 Å². The number of nitrogens with zero attached hydrogens (tertiary/aromatic N) is 1. The summed E-state index contributed by atoms with van der Waals surface area (Å²) in [5.41, 5.74) is 1.29. The number of nitrogens with one attached hydrogen (secondary N) is 1. The van der Waals surface area contributed by atoms with Gasteiger partial charge in [0.15, 0.2) is 0 Å². The van der Waals surface area contributed by atoms with Crippen molar-refractivity contribution < 1.29 is 4.74 Å². The van der Waals surface area contributed by atoms with Crippen LogP contribution >= 0.6 is 0 Å². The second-order valence-corrected chi connectivity index (χ2v) is 5.07. The number of hydrogen-bond donors (Lipinski definition) is 1. The smallest absolute Gasteiger partial charge is 0.123 e. The van der Waals surface area contributed by atoms with Crippen molar-refractivity contribution in [3.05, 3.63) is 29.8 Å². The van der Waals surface area contributed by atoms with Crippen LogP contribution in [-0.4, -0.2) is 36.7 Å². The van der Waals surface area contributed by atoms with Crippen molar-refractivity contribution >= 4 is 0 Å². The van der Waals surface area contributed by atoms with Gasteiger partial charge in [0, 0.05) is 37.3 Å². The lowest BCUT2D eigenvalue weighted by molar-refractivity contribution is 0.107. The number of piperazine rings is 1. The first-order chi connectivity index (χ1) is 8.72. The van der Waals surface area contributed by atoms with E-state index in [1.165, 1.54) is 5.56 Å². The SMILES string of the molecule is CCOc1ccccc1CN1C(C)CNCC1C. The van der Waals surface area contributed by atoms with E-state index in [4.69, 9.17) is 4.74 Å². The van der Waals surface area contributed by atoms with Gasteiger partial charge in [0.2, 0.25) is 0 Å². The molecule has 2 atom stereocenters. The Morgan fingerprint density at radius 1 is 1.22 bits per heavy atom. The molecule has 0 amide bonds. The molecule has 1 saturated heterocycles. The van der Waals surface area contributed by atoms with E-state index in [1.807, 2.05) is 13.0 Å². The van der Waals surface area contributed by atoms with Crippen LogP contribution in [-0.2, 0) is 6.54 Å².